The van der Waals surface area contributed by atoms with Crippen molar-refractivity contribution < 1.29 is 20.1 Å². The Morgan fingerprint density at radius 1 is 0.625 bits per heavy atom. The Labute approximate surface area is 187 Å². The third kappa shape index (κ3) is 4.05. The van der Waals surface area contributed by atoms with Crippen LogP contribution in [0.25, 0.3) is 0 Å². The van der Waals surface area contributed by atoms with Crippen LogP contribution in [0.1, 0.15) is 16.7 Å². The second kappa shape index (κ2) is 8.55. The fourth-order valence-electron chi connectivity index (χ4n) is 3.74. The van der Waals surface area contributed by atoms with E-state index in [-0.39, 0.29) is 17.2 Å². The van der Waals surface area contributed by atoms with Gasteiger partial charge in [-0.1, -0.05) is 30.3 Å². The number of hydrogen-bond donors (Lipinski definition) is 3. The molecule has 5 nitrogen and oxygen atoms in total. The molecule has 5 heteroatoms. The normalized spacial score (nSPS) is 10.7. The first kappa shape index (κ1) is 21.1. The van der Waals surface area contributed by atoms with Gasteiger partial charge in [-0.25, -0.2) is 0 Å². The third-order valence-electron chi connectivity index (χ3n) is 5.32. The van der Waals surface area contributed by atoms with Crippen LogP contribution in [0, 0.1) is 20.8 Å². The summed E-state index contributed by atoms with van der Waals surface area (Å²) >= 11 is 0. The molecule has 0 atom stereocenters. The first-order valence-electron chi connectivity index (χ1n) is 10.3. The number of anilines is 3. The first-order chi connectivity index (χ1) is 15.3. The minimum Gasteiger partial charge on any atom is -0.506 e. The Hall–Kier alpha value is -4.12. The van der Waals surface area contributed by atoms with Crippen molar-refractivity contribution >= 4 is 17.1 Å². The summed E-state index contributed by atoms with van der Waals surface area (Å²) in [6, 6.07) is 23.1. The van der Waals surface area contributed by atoms with Gasteiger partial charge in [-0.05, 0) is 86.0 Å². The molecule has 0 radical (unpaired) electrons. The summed E-state index contributed by atoms with van der Waals surface area (Å²) in [6.07, 6.45) is 0. The zero-order valence-corrected chi connectivity index (χ0v) is 18.2. The molecule has 0 aliphatic heterocycles. The number of benzene rings is 4. The van der Waals surface area contributed by atoms with Gasteiger partial charge in [0.15, 0.2) is 11.5 Å². The Kier molecular flexibility index (Phi) is 5.65. The molecule has 3 N–H and O–H groups in total. The highest BCUT2D eigenvalue weighted by Crippen LogP contribution is 2.46. The molecule has 0 heterocycles. The van der Waals surface area contributed by atoms with Crippen molar-refractivity contribution in [2.24, 2.45) is 0 Å². The number of phenols is 3. The largest absolute Gasteiger partial charge is 0.506 e. The number of para-hydroxylation sites is 2. The van der Waals surface area contributed by atoms with Crippen LogP contribution < -0.4 is 9.64 Å². The van der Waals surface area contributed by atoms with E-state index in [1.54, 1.807) is 48.5 Å². The van der Waals surface area contributed by atoms with Crippen molar-refractivity contribution in [1.29, 1.82) is 0 Å². The maximum Gasteiger partial charge on any atom is 0.169 e. The van der Waals surface area contributed by atoms with Crippen molar-refractivity contribution in [2.75, 3.05) is 4.90 Å². The van der Waals surface area contributed by atoms with Gasteiger partial charge in [0, 0.05) is 5.69 Å². The summed E-state index contributed by atoms with van der Waals surface area (Å²) in [6.45, 7) is 5.72. The van der Waals surface area contributed by atoms with Crippen LogP contribution in [-0.2, 0) is 0 Å². The molecule has 0 fully saturated rings. The van der Waals surface area contributed by atoms with Gasteiger partial charge < -0.3 is 25.0 Å². The van der Waals surface area contributed by atoms with Crippen molar-refractivity contribution in [3.8, 4) is 28.7 Å². The highest BCUT2D eigenvalue weighted by atomic mass is 16.5. The van der Waals surface area contributed by atoms with Gasteiger partial charge in [0.25, 0.3) is 0 Å². The van der Waals surface area contributed by atoms with Gasteiger partial charge in [0.05, 0.1) is 11.4 Å². The molecule has 0 bridgehead atoms. The summed E-state index contributed by atoms with van der Waals surface area (Å²) in [5.41, 5.74) is 4.57. The van der Waals surface area contributed by atoms with E-state index in [2.05, 4.69) is 0 Å². The van der Waals surface area contributed by atoms with E-state index >= 15 is 0 Å². The van der Waals surface area contributed by atoms with E-state index in [4.69, 9.17) is 4.74 Å². The van der Waals surface area contributed by atoms with E-state index in [1.807, 2.05) is 56.0 Å². The predicted molar refractivity (Wildman–Crippen MR) is 127 cm³/mol. The van der Waals surface area contributed by atoms with Crippen molar-refractivity contribution in [2.45, 2.75) is 20.8 Å². The number of aromatic hydroxyl groups is 3. The van der Waals surface area contributed by atoms with Crippen molar-refractivity contribution in [3.05, 3.63) is 95.6 Å². The molecule has 4 aromatic carbocycles. The van der Waals surface area contributed by atoms with E-state index in [0.717, 1.165) is 22.4 Å². The predicted octanol–water partition coefficient (Wildman–Crippen LogP) is 6.99. The van der Waals surface area contributed by atoms with Gasteiger partial charge >= 0.3 is 0 Å². The average Bonchev–Trinajstić information content (AvgIpc) is 2.75. The fourth-order valence-corrected chi connectivity index (χ4v) is 3.74. The zero-order chi connectivity index (χ0) is 22.8. The smallest absolute Gasteiger partial charge is 0.169 e. The van der Waals surface area contributed by atoms with Gasteiger partial charge in [0.1, 0.15) is 17.2 Å². The number of phenolic OH excluding ortho intramolecular Hbond substituents is 3. The van der Waals surface area contributed by atoms with E-state index in [9.17, 15) is 15.3 Å². The number of rotatable bonds is 5. The van der Waals surface area contributed by atoms with Gasteiger partial charge in [-0.3, -0.25) is 0 Å². The number of aryl methyl sites for hydroxylation is 3. The molecule has 0 spiro atoms. The number of nitrogens with zero attached hydrogens (tertiary/aromatic N) is 1. The van der Waals surface area contributed by atoms with Crippen LogP contribution in [0.3, 0.4) is 0 Å². The van der Waals surface area contributed by atoms with Crippen LogP contribution >= 0.6 is 0 Å². The molecule has 0 saturated carbocycles. The highest BCUT2D eigenvalue weighted by molar-refractivity contribution is 5.86. The maximum absolute atomic E-state index is 10.7. The summed E-state index contributed by atoms with van der Waals surface area (Å²) in [4.78, 5) is 1.84. The SMILES string of the molecule is Cc1ccc(Oc2ccc(N(c3c(C)cccc3O)c3c(C)cccc3O)cc2)c(O)c1. The standard InChI is InChI=1S/C27H25NO4/c1-17-10-15-25(24(31)16-17)32-21-13-11-20(12-14-21)28(26-18(2)6-4-8-22(26)29)27-19(3)7-5-9-23(27)30/h4-16,29-31H,1-3H3. The van der Waals surface area contributed by atoms with Crippen LogP contribution in [-0.4, -0.2) is 15.3 Å². The molecular formula is C27H25NO4. The molecule has 0 saturated heterocycles. The van der Waals surface area contributed by atoms with Crippen LogP contribution in [0.4, 0.5) is 17.1 Å². The van der Waals surface area contributed by atoms with Crippen LogP contribution in [0.2, 0.25) is 0 Å². The molecule has 0 aromatic heterocycles. The minimum absolute atomic E-state index is 0.0744. The average molecular weight is 428 g/mol. The Balaban J connectivity index is 1.79. The topological polar surface area (TPSA) is 73.2 Å². The Bertz CT molecular complexity index is 1170. The molecule has 162 valence electrons. The Morgan fingerprint density at radius 2 is 1.19 bits per heavy atom. The molecule has 0 unspecified atom stereocenters. The van der Waals surface area contributed by atoms with Gasteiger partial charge in [0.2, 0.25) is 0 Å². The molecular weight excluding hydrogens is 402 g/mol. The van der Waals surface area contributed by atoms with Gasteiger partial charge in [-0.2, -0.15) is 0 Å². The molecule has 0 aliphatic carbocycles. The lowest BCUT2D eigenvalue weighted by Crippen LogP contribution is -2.13. The quantitative estimate of drug-likeness (QED) is 0.320. The van der Waals surface area contributed by atoms with E-state index in [1.165, 1.54) is 0 Å². The molecule has 0 amide bonds. The lowest BCUT2D eigenvalue weighted by Gasteiger charge is -2.29. The Morgan fingerprint density at radius 3 is 1.69 bits per heavy atom. The molecule has 4 aromatic rings. The first-order valence-corrected chi connectivity index (χ1v) is 10.3. The number of hydrogen-bond acceptors (Lipinski definition) is 5. The lowest BCUT2D eigenvalue weighted by molar-refractivity contribution is 0.411. The highest BCUT2D eigenvalue weighted by Gasteiger charge is 2.22. The molecule has 4 rings (SSSR count). The third-order valence-corrected chi connectivity index (χ3v) is 5.32. The molecule has 32 heavy (non-hydrogen) atoms. The van der Waals surface area contributed by atoms with Crippen molar-refractivity contribution in [1.82, 2.24) is 0 Å². The maximum atomic E-state index is 10.7. The van der Waals surface area contributed by atoms with Crippen molar-refractivity contribution in [3.63, 3.8) is 0 Å². The second-order valence-electron chi connectivity index (χ2n) is 7.79. The number of ether oxygens (including phenoxy) is 1. The van der Waals surface area contributed by atoms with Crippen LogP contribution in [0.15, 0.2) is 78.9 Å². The van der Waals surface area contributed by atoms with Gasteiger partial charge in [-0.15, -0.1) is 0 Å². The summed E-state index contributed by atoms with van der Waals surface area (Å²) in [7, 11) is 0. The van der Waals surface area contributed by atoms with Crippen LogP contribution in [0.5, 0.6) is 28.7 Å². The monoisotopic (exact) mass is 427 g/mol. The molecule has 0 aliphatic rings. The fraction of sp³-hybridized carbons (Fsp3) is 0.111. The summed E-state index contributed by atoms with van der Waals surface area (Å²) in [5, 5.41) is 31.5. The van der Waals surface area contributed by atoms with E-state index < -0.39 is 0 Å². The zero-order valence-electron chi connectivity index (χ0n) is 18.2. The second-order valence-corrected chi connectivity index (χ2v) is 7.79. The lowest BCUT2D eigenvalue weighted by atomic mass is 10.1. The minimum atomic E-state index is 0.0744. The summed E-state index contributed by atoms with van der Waals surface area (Å²) < 4.78 is 5.84. The van der Waals surface area contributed by atoms with E-state index in [0.29, 0.717) is 22.9 Å². The summed E-state index contributed by atoms with van der Waals surface area (Å²) in [5.74, 6) is 1.21.